The maximum absolute atomic E-state index is 5.82. The number of hydrogen-bond acceptors (Lipinski definition) is 2. The van der Waals surface area contributed by atoms with E-state index in [1.54, 1.807) is 0 Å². The van der Waals surface area contributed by atoms with Crippen LogP contribution in [0, 0.1) is 0 Å². The summed E-state index contributed by atoms with van der Waals surface area (Å²) in [5.74, 6) is 1.25. The Hall–Kier alpha value is -0.440. The van der Waals surface area contributed by atoms with Crippen LogP contribution in [0.25, 0.3) is 0 Å². The zero-order valence-corrected chi connectivity index (χ0v) is 13.0. The Morgan fingerprint density at radius 3 is 2.05 bits per heavy atom. The quantitative estimate of drug-likeness (QED) is 0.528. The van der Waals surface area contributed by atoms with E-state index >= 15 is 0 Å². The largest absolute Gasteiger partial charge is 0.369 e. The van der Waals surface area contributed by atoms with Gasteiger partial charge in [-0.15, -0.1) is 23.2 Å². The fraction of sp³-hybridized carbons (Fsp3) is 0.600. The molecular weight excluding hydrogens is 279 g/mol. The molecule has 0 aliphatic carbocycles. The third kappa shape index (κ3) is 6.51. The average molecular weight is 303 g/mol. The Morgan fingerprint density at radius 2 is 1.53 bits per heavy atom. The smallest absolute Gasteiger partial charge is 0.0399 e. The third-order valence-corrected chi connectivity index (χ3v) is 3.52. The van der Waals surface area contributed by atoms with Crippen LogP contribution in [0.5, 0.6) is 0 Å². The molecule has 0 spiro atoms. The fourth-order valence-electron chi connectivity index (χ4n) is 2.10. The van der Waals surface area contributed by atoms with Gasteiger partial charge in [-0.25, -0.2) is 0 Å². The number of alkyl halides is 2. The van der Waals surface area contributed by atoms with Crippen LogP contribution in [-0.4, -0.2) is 31.4 Å². The molecule has 2 nitrogen and oxygen atoms in total. The lowest BCUT2D eigenvalue weighted by Crippen LogP contribution is -2.27. The molecule has 0 aliphatic rings. The lowest BCUT2D eigenvalue weighted by molar-refractivity contribution is 0.686. The van der Waals surface area contributed by atoms with Crippen molar-refractivity contribution in [1.29, 1.82) is 0 Å². The minimum absolute atomic E-state index is 0.623. The zero-order valence-electron chi connectivity index (χ0n) is 11.5. The molecule has 4 heteroatoms. The predicted molar refractivity (Wildman–Crippen MR) is 86.7 cm³/mol. The van der Waals surface area contributed by atoms with Gasteiger partial charge in [0, 0.05) is 30.5 Å². The van der Waals surface area contributed by atoms with Crippen molar-refractivity contribution in [2.45, 2.75) is 25.7 Å². The van der Waals surface area contributed by atoms with E-state index in [9.17, 15) is 0 Å². The third-order valence-electron chi connectivity index (χ3n) is 3.18. The highest BCUT2D eigenvalue weighted by Gasteiger charge is 2.04. The van der Waals surface area contributed by atoms with Gasteiger partial charge in [0.15, 0.2) is 0 Å². The Morgan fingerprint density at radius 1 is 0.895 bits per heavy atom. The number of halogens is 2. The highest BCUT2D eigenvalue weighted by molar-refractivity contribution is 6.18. The minimum Gasteiger partial charge on any atom is -0.369 e. The van der Waals surface area contributed by atoms with Crippen LogP contribution in [0.1, 0.15) is 24.8 Å². The normalized spacial score (nSPS) is 10.7. The predicted octanol–water partition coefficient (Wildman–Crippen LogP) is 3.64. The number of unbranched alkanes of at least 4 members (excludes halogenated alkanes) is 2. The van der Waals surface area contributed by atoms with Gasteiger partial charge in [-0.3, -0.25) is 0 Å². The molecule has 1 aromatic rings. The molecule has 1 rings (SSSR count). The standard InChI is InChI=1S/C15H24Cl2N2/c16-9-12-19(13-10-17)15-7-5-14(6-8-15)4-2-1-3-11-18/h5-8H,1-4,9-13,18H2. The van der Waals surface area contributed by atoms with Crippen molar-refractivity contribution >= 4 is 28.9 Å². The van der Waals surface area contributed by atoms with Gasteiger partial charge >= 0.3 is 0 Å². The van der Waals surface area contributed by atoms with Crippen molar-refractivity contribution in [2.75, 3.05) is 36.3 Å². The minimum atomic E-state index is 0.623. The van der Waals surface area contributed by atoms with E-state index in [4.69, 9.17) is 28.9 Å². The molecule has 19 heavy (non-hydrogen) atoms. The summed E-state index contributed by atoms with van der Waals surface area (Å²) in [6.07, 6.45) is 4.68. The summed E-state index contributed by atoms with van der Waals surface area (Å²) in [6, 6.07) is 8.73. The van der Waals surface area contributed by atoms with Crippen molar-refractivity contribution in [3.8, 4) is 0 Å². The van der Waals surface area contributed by atoms with Crippen molar-refractivity contribution in [2.24, 2.45) is 5.73 Å². The van der Waals surface area contributed by atoms with E-state index < -0.39 is 0 Å². The van der Waals surface area contributed by atoms with Gasteiger partial charge in [0.2, 0.25) is 0 Å². The molecule has 0 heterocycles. The molecule has 0 saturated heterocycles. The molecule has 0 atom stereocenters. The van der Waals surface area contributed by atoms with Gasteiger partial charge in [0.05, 0.1) is 0 Å². The second kappa shape index (κ2) is 10.4. The van der Waals surface area contributed by atoms with Crippen LogP contribution in [0.4, 0.5) is 5.69 Å². The number of hydrogen-bond donors (Lipinski definition) is 1. The summed E-state index contributed by atoms with van der Waals surface area (Å²) in [7, 11) is 0. The van der Waals surface area contributed by atoms with Crippen LogP contribution in [0.2, 0.25) is 0 Å². The maximum atomic E-state index is 5.82. The molecule has 0 aliphatic heterocycles. The lowest BCUT2D eigenvalue weighted by Gasteiger charge is -2.23. The Labute approximate surface area is 126 Å². The van der Waals surface area contributed by atoms with Crippen LogP contribution in [-0.2, 0) is 6.42 Å². The fourth-order valence-corrected chi connectivity index (χ4v) is 2.51. The molecular formula is C15H24Cl2N2. The van der Waals surface area contributed by atoms with E-state index in [0.717, 1.165) is 32.5 Å². The van der Waals surface area contributed by atoms with Gasteiger partial charge in [-0.05, 0) is 43.5 Å². The summed E-state index contributed by atoms with van der Waals surface area (Å²) >= 11 is 11.6. The van der Waals surface area contributed by atoms with Gasteiger partial charge in [-0.1, -0.05) is 18.6 Å². The molecule has 0 unspecified atom stereocenters. The summed E-state index contributed by atoms with van der Waals surface area (Å²) < 4.78 is 0. The summed E-state index contributed by atoms with van der Waals surface area (Å²) in [5, 5.41) is 0. The first-order chi connectivity index (χ1) is 9.31. The topological polar surface area (TPSA) is 29.3 Å². The first-order valence-corrected chi connectivity index (χ1v) is 8.04. The first-order valence-electron chi connectivity index (χ1n) is 6.97. The van der Waals surface area contributed by atoms with Crippen molar-refractivity contribution < 1.29 is 0 Å². The van der Waals surface area contributed by atoms with Crippen molar-refractivity contribution in [1.82, 2.24) is 0 Å². The Kier molecular flexibility index (Phi) is 9.06. The van der Waals surface area contributed by atoms with Crippen LogP contribution < -0.4 is 10.6 Å². The van der Waals surface area contributed by atoms with Gasteiger partial charge in [0.1, 0.15) is 0 Å². The molecule has 0 saturated carbocycles. The van der Waals surface area contributed by atoms with Gasteiger partial charge < -0.3 is 10.6 Å². The van der Waals surface area contributed by atoms with Gasteiger partial charge in [0.25, 0.3) is 0 Å². The highest BCUT2D eigenvalue weighted by Crippen LogP contribution is 2.17. The molecule has 0 radical (unpaired) electrons. The molecule has 1 aromatic carbocycles. The first kappa shape index (κ1) is 16.6. The zero-order chi connectivity index (χ0) is 13.9. The summed E-state index contributed by atoms with van der Waals surface area (Å²) in [4.78, 5) is 2.22. The Bertz CT molecular complexity index is 321. The number of nitrogens with two attached hydrogens (primary N) is 1. The monoisotopic (exact) mass is 302 g/mol. The number of aryl methyl sites for hydroxylation is 1. The number of anilines is 1. The van der Waals surface area contributed by atoms with Gasteiger partial charge in [-0.2, -0.15) is 0 Å². The van der Waals surface area contributed by atoms with E-state index in [1.807, 2.05) is 0 Å². The lowest BCUT2D eigenvalue weighted by atomic mass is 10.1. The second-order valence-electron chi connectivity index (χ2n) is 4.63. The average Bonchev–Trinajstić information content (AvgIpc) is 2.44. The van der Waals surface area contributed by atoms with Crippen LogP contribution >= 0.6 is 23.2 Å². The molecule has 2 N–H and O–H groups in total. The van der Waals surface area contributed by atoms with E-state index in [-0.39, 0.29) is 0 Å². The molecule has 0 bridgehead atoms. The number of benzene rings is 1. The van der Waals surface area contributed by atoms with E-state index in [2.05, 4.69) is 29.2 Å². The Balaban J connectivity index is 2.49. The number of rotatable bonds is 10. The number of nitrogens with zero attached hydrogens (tertiary/aromatic N) is 1. The molecule has 0 amide bonds. The van der Waals surface area contributed by atoms with Crippen molar-refractivity contribution in [3.63, 3.8) is 0 Å². The summed E-state index contributed by atoms with van der Waals surface area (Å²) in [6.45, 7) is 2.47. The van der Waals surface area contributed by atoms with Crippen molar-refractivity contribution in [3.05, 3.63) is 29.8 Å². The summed E-state index contributed by atoms with van der Waals surface area (Å²) in [5.41, 5.74) is 8.08. The van der Waals surface area contributed by atoms with E-state index in [0.29, 0.717) is 11.8 Å². The maximum Gasteiger partial charge on any atom is 0.0399 e. The van der Waals surface area contributed by atoms with Crippen LogP contribution in [0.3, 0.4) is 0 Å². The molecule has 0 aromatic heterocycles. The molecule has 0 fully saturated rings. The highest BCUT2D eigenvalue weighted by atomic mass is 35.5. The SMILES string of the molecule is NCCCCCc1ccc(N(CCCl)CCCl)cc1. The van der Waals surface area contributed by atoms with Crippen LogP contribution in [0.15, 0.2) is 24.3 Å². The molecule has 108 valence electrons. The van der Waals surface area contributed by atoms with E-state index in [1.165, 1.54) is 24.1 Å². The second-order valence-corrected chi connectivity index (χ2v) is 5.39.